The summed E-state index contributed by atoms with van der Waals surface area (Å²) in [6.07, 6.45) is 3.06. The van der Waals surface area contributed by atoms with Crippen molar-refractivity contribution in [2.75, 3.05) is 39.8 Å². The van der Waals surface area contributed by atoms with Crippen LogP contribution in [-0.4, -0.2) is 61.5 Å². The molecule has 2 heterocycles. The largest absolute Gasteiger partial charge is 0.352 e. The van der Waals surface area contributed by atoms with Gasteiger partial charge in [0.2, 0.25) is 5.91 Å². The van der Waals surface area contributed by atoms with E-state index in [2.05, 4.69) is 29.1 Å². The van der Waals surface area contributed by atoms with Crippen molar-refractivity contribution < 1.29 is 4.79 Å². The van der Waals surface area contributed by atoms with Crippen molar-refractivity contribution in [3.8, 4) is 0 Å². The number of nitrogens with one attached hydrogen (secondary N) is 1. The van der Waals surface area contributed by atoms with Gasteiger partial charge in [-0.2, -0.15) is 0 Å². The van der Waals surface area contributed by atoms with Gasteiger partial charge >= 0.3 is 0 Å². The van der Waals surface area contributed by atoms with Crippen molar-refractivity contribution in [1.29, 1.82) is 0 Å². The van der Waals surface area contributed by atoms with Crippen molar-refractivity contribution in [2.45, 2.75) is 32.2 Å². The molecule has 0 aromatic rings. The quantitative estimate of drug-likeness (QED) is 0.760. The maximum absolute atomic E-state index is 11.1. The van der Waals surface area contributed by atoms with Crippen LogP contribution in [0.15, 0.2) is 0 Å². The Labute approximate surface area is 104 Å². The molecule has 0 spiro atoms. The van der Waals surface area contributed by atoms with E-state index in [1.807, 2.05) is 0 Å². The number of rotatable bonds is 5. The summed E-state index contributed by atoms with van der Waals surface area (Å²) in [5.74, 6) is 1.05. The molecule has 2 atom stereocenters. The summed E-state index contributed by atoms with van der Waals surface area (Å²) < 4.78 is 0. The van der Waals surface area contributed by atoms with Crippen LogP contribution < -0.4 is 5.32 Å². The number of carbonyl (C=O) groups is 1. The average Bonchev–Trinajstić information content (AvgIpc) is 2.89. The molecule has 98 valence electrons. The van der Waals surface area contributed by atoms with Gasteiger partial charge in [0.15, 0.2) is 0 Å². The summed E-state index contributed by atoms with van der Waals surface area (Å²) in [6.45, 7) is 8.02. The van der Waals surface area contributed by atoms with Crippen LogP contribution in [0.5, 0.6) is 0 Å². The Morgan fingerprint density at radius 1 is 1.47 bits per heavy atom. The van der Waals surface area contributed by atoms with E-state index in [1.165, 1.54) is 26.1 Å². The molecule has 1 N–H and O–H groups in total. The predicted molar refractivity (Wildman–Crippen MR) is 68.9 cm³/mol. The van der Waals surface area contributed by atoms with Gasteiger partial charge in [0, 0.05) is 32.1 Å². The third-order valence-electron chi connectivity index (χ3n) is 4.04. The van der Waals surface area contributed by atoms with E-state index < -0.39 is 0 Å². The molecule has 2 rings (SSSR count). The monoisotopic (exact) mass is 239 g/mol. The Bertz CT molecular complexity index is 269. The first kappa shape index (κ1) is 12.8. The molecule has 4 nitrogen and oxygen atoms in total. The summed E-state index contributed by atoms with van der Waals surface area (Å²) in [5, 5.41) is 3.06. The summed E-state index contributed by atoms with van der Waals surface area (Å²) >= 11 is 0. The molecule has 0 unspecified atom stereocenters. The first-order valence-electron chi connectivity index (χ1n) is 6.87. The van der Waals surface area contributed by atoms with Gasteiger partial charge in [0.1, 0.15) is 0 Å². The Morgan fingerprint density at radius 2 is 2.29 bits per heavy atom. The van der Waals surface area contributed by atoms with Gasteiger partial charge in [-0.15, -0.1) is 0 Å². The van der Waals surface area contributed by atoms with Crippen LogP contribution in [0.1, 0.15) is 26.2 Å². The van der Waals surface area contributed by atoms with Crippen molar-refractivity contribution in [3.63, 3.8) is 0 Å². The summed E-state index contributed by atoms with van der Waals surface area (Å²) in [5.41, 5.74) is 0. The third kappa shape index (κ3) is 3.68. The van der Waals surface area contributed by atoms with E-state index in [1.54, 1.807) is 0 Å². The number of amides is 1. The molecule has 0 aromatic carbocycles. The van der Waals surface area contributed by atoms with Gasteiger partial charge in [-0.3, -0.25) is 4.79 Å². The van der Waals surface area contributed by atoms with Crippen LogP contribution >= 0.6 is 0 Å². The molecule has 0 aliphatic carbocycles. The van der Waals surface area contributed by atoms with Crippen LogP contribution in [0, 0.1) is 5.92 Å². The second-order valence-corrected chi connectivity index (χ2v) is 5.57. The Balaban J connectivity index is 1.69. The first-order valence-corrected chi connectivity index (χ1v) is 6.87. The van der Waals surface area contributed by atoms with Gasteiger partial charge in [0.05, 0.1) is 0 Å². The van der Waals surface area contributed by atoms with Crippen molar-refractivity contribution in [1.82, 2.24) is 15.1 Å². The Hall–Kier alpha value is -0.610. The molecule has 2 fully saturated rings. The SMILES string of the molecule is CCN(C)C[C@H]1CCN(C[C@H]2CCC(=O)N2)C1. The second-order valence-electron chi connectivity index (χ2n) is 5.57. The fraction of sp³-hybridized carbons (Fsp3) is 0.923. The molecule has 0 radical (unpaired) electrons. The molecule has 4 heteroatoms. The highest BCUT2D eigenvalue weighted by molar-refractivity contribution is 5.78. The van der Waals surface area contributed by atoms with Crippen molar-refractivity contribution in [2.24, 2.45) is 5.92 Å². The van der Waals surface area contributed by atoms with E-state index in [0.29, 0.717) is 6.04 Å². The third-order valence-corrected chi connectivity index (χ3v) is 4.04. The summed E-state index contributed by atoms with van der Waals surface area (Å²) in [6, 6.07) is 0.408. The number of hydrogen-bond acceptors (Lipinski definition) is 3. The lowest BCUT2D eigenvalue weighted by Gasteiger charge is -2.22. The van der Waals surface area contributed by atoms with Gasteiger partial charge < -0.3 is 15.1 Å². The van der Waals surface area contributed by atoms with E-state index in [4.69, 9.17) is 0 Å². The first-order chi connectivity index (χ1) is 8.17. The average molecular weight is 239 g/mol. The number of hydrogen-bond donors (Lipinski definition) is 1. The zero-order valence-corrected chi connectivity index (χ0v) is 11.1. The van der Waals surface area contributed by atoms with Crippen LogP contribution in [0.2, 0.25) is 0 Å². The number of nitrogens with zero attached hydrogens (tertiary/aromatic N) is 2. The standard InChI is InChI=1S/C13H25N3O/c1-3-15(2)8-11-6-7-16(9-11)10-12-4-5-13(17)14-12/h11-12H,3-10H2,1-2H3,(H,14,17)/t11-,12-/m1/s1. The highest BCUT2D eigenvalue weighted by atomic mass is 16.1. The van der Waals surface area contributed by atoms with E-state index >= 15 is 0 Å². The smallest absolute Gasteiger partial charge is 0.220 e. The van der Waals surface area contributed by atoms with Crippen LogP contribution in [0.3, 0.4) is 0 Å². The highest BCUT2D eigenvalue weighted by Gasteiger charge is 2.28. The topological polar surface area (TPSA) is 35.6 Å². The lowest BCUT2D eigenvalue weighted by molar-refractivity contribution is -0.119. The van der Waals surface area contributed by atoms with Gasteiger partial charge in [-0.25, -0.2) is 0 Å². The van der Waals surface area contributed by atoms with Crippen molar-refractivity contribution >= 4 is 5.91 Å². The fourth-order valence-corrected chi connectivity index (χ4v) is 2.92. The number of carbonyl (C=O) groups excluding carboxylic acids is 1. The van der Waals surface area contributed by atoms with Gasteiger partial charge in [-0.05, 0) is 38.9 Å². The molecule has 0 aromatic heterocycles. The molecule has 17 heavy (non-hydrogen) atoms. The molecule has 1 amide bonds. The normalized spacial score (nSPS) is 30.2. The molecule has 0 bridgehead atoms. The maximum atomic E-state index is 11.1. The van der Waals surface area contributed by atoms with Crippen molar-refractivity contribution in [3.05, 3.63) is 0 Å². The van der Waals surface area contributed by atoms with E-state index in [0.717, 1.165) is 31.8 Å². The lowest BCUT2D eigenvalue weighted by atomic mass is 10.1. The van der Waals surface area contributed by atoms with Gasteiger partial charge in [0.25, 0.3) is 0 Å². The summed E-state index contributed by atoms with van der Waals surface area (Å²) in [4.78, 5) is 16.1. The second kappa shape index (κ2) is 5.83. The summed E-state index contributed by atoms with van der Waals surface area (Å²) in [7, 11) is 2.19. The Kier molecular flexibility index (Phi) is 4.40. The van der Waals surface area contributed by atoms with E-state index in [9.17, 15) is 4.79 Å². The zero-order chi connectivity index (χ0) is 12.3. The minimum Gasteiger partial charge on any atom is -0.352 e. The van der Waals surface area contributed by atoms with E-state index in [-0.39, 0.29) is 5.91 Å². The minimum atomic E-state index is 0.233. The van der Waals surface area contributed by atoms with Crippen LogP contribution in [-0.2, 0) is 4.79 Å². The van der Waals surface area contributed by atoms with Crippen LogP contribution in [0.25, 0.3) is 0 Å². The molecule has 0 saturated carbocycles. The minimum absolute atomic E-state index is 0.233. The molecular formula is C13H25N3O. The molecular weight excluding hydrogens is 214 g/mol. The lowest BCUT2D eigenvalue weighted by Crippen LogP contribution is -2.38. The highest BCUT2D eigenvalue weighted by Crippen LogP contribution is 2.19. The fourth-order valence-electron chi connectivity index (χ4n) is 2.92. The molecule has 2 aliphatic rings. The number of likely N-dealkylation sites (tertiary alicyclic amines) is 1. The maximum Gasteiger partial charge on any atom is 0.220 e. The molecule has 2 saturated heterocycles. The zero-order valence-electron chi connectivity index (χ0n) is 11.1. The van der Waals surface area contributed by atoms with Gasteiger partial charge in [-0.1, -0.05) is 6.92 Å². The Morgan fingerprint density at radius 3 is 2.94 bits per heavy atom. The predicted octanol–water partition coefficient (Wildman–Crippen LogP) is 0.539. The molecule has 2 aliphatic heterocycles. The van der Waals surface area contributed by atoms with Crippen LogP contribution in [0.4, 0.5) is 0 Å².